The molecule has 19 heavy (non-hydrogen) atoms. The number of fused-ring (bicyclic) bond motifs is 1. The molecular weight excluding hydrogens is 254 g/mol. The Morgan fingerprint density at radius 3 is 2.63 bits per heavy atom. The van der Waals surface area contributed by atoms with E-state index in [4.69, 9.17) is 0 Å². The fraction of sp³-hybridized carbons (Fsp3) is 0.188. The summed E-state index contributed by atoms with van der Waals surface area (Å²) in [5, 5.41) is 12.0. The number of rotatable bonds is 2. The van der Waals surface area contributed by atoms with E-state index in [0.29, 0.717) is 0 Å². The van der Waals surface area contributed by atoms with Gasteiger partial charge < -0.3 is 5.11 Å². The molecule has 1 atom stereocenters. The van der Waals surface area contributed by atoms with Gasteiger partial charge >= 0.3 is 0 Å². The summed E-state index contributed by atoms with van der Waals surface area (Å²) in [6.45, 7) is 3.88. The summed E-state index contributed by atoms with van der Waals surface area (Å²) in [4.78, 5) is 6.57. The molecule has 1 unspecified atom stereocenters. The van der Waals surface area contributed by atoms with Crippen LogP contribution in [0.2, 0.25) is 0 Å². The number of pyridine rings is 1. The molecule has 2 aromatic heterocycles. The molecule has 0 amide bonds. The lowest BCUT2D eigenvalue weighted by Gasteiger charge is -2.23. The third-order valence-electron chi connectivity index (χ3n) is 3.38. The van der Waals surface area contributed by atoms with Gasteiger partial charge in [-0.1, -0.05) is 24.3 Å². The lowest BCUT2D eigenvalue weighted by Crippen LogP contribution is -2.22. The minimum atomic E-state index is -1.01. The van der Waals surface area contributed by atoms with Gasteiger partial charge in [0.1, 0.15) is 5.60 Å². The van der Waals surface area contributed by atoms with E-state index in [-0.39, 0.29) is 0 Å². The Bertz CT molecular complexity index is 725. The van der Waals surface area contributed by atoms with Crippen molar-refractivity contribution in [3.63, 3.8) is 0 Å². The lowest BCUT2D eigenvalue weighted by atomic mass is 9.92. The highest BCUT2D eigenvalue weighted by Crippen LogP contribution is 2.36. The Labute approximate surface area is 116 Å². The number of aromatic nitrogens is 1. The molecule has 1 N–H and O–H groups in total. The number of hydrogen-bond acceptors (Lipinski definition) is 3. The van der Waals surface area contributed by atoms with E-state index >= 15 is 0 Å². The molecule has 0 aliphatic carbocycles. The Morgan fingerprint density at radius 1 is 1.11 bits per heavy atom. The second-order valence-electron chi connectivity index (χ2n) is 4.86. The standard InChI is InChI=1S/C16H15NOS/c1-11-8-9-14(19-11)16(2,18)13-7-3-5-12-6-4-10-17-15(12)13/h3-10,18H,1-2H3. The summed E-state index contributed by atoms with van der Waals surface area (Å²) in [6, 6.07) is 13.9. The van der Waals surface area contributed by atoms with E-state index < -0.39 is 5.60 Å². The van der Waals surface area contributed by atoms with Crippen molar-refractivity contribution in [2.45, 2.75) is 19.4 Å². The zero-order valence-electron chi connectivity index (χ0n) is 10.9. The van der Waals surface area contributed by atoms with E-state index in [1.165, 1.54) is 4.88 Å². The van der Waals surface area contributed by atoms with Crippen LogP contribution < -0.4 is 0 Å². The average Bonchev–Trinajstić information content (AvgIpc) is 2.85. The molecule has 0 aliphatic rings. The molecule has 0 fully saturated rings. The van der Waals surface area contributed by atoms with E-state index in [1.54, 1.807) is 17.5 Å². The summed E-state index contributed by atoms with van der Waals surface area (Å²) in [6.07, 6.45) is 1.77. The molecule has 2 nitrogen and oxygen atoms in total. The van der Waals surface area contributed by atoms with Gasteiger partial charge in [-0.25, -0.2) is 0 Å². The van der Waals surface area contributed by atoms with Crippen molar-refractivity contribution in [2.24, 2.45) is 0 Å². The highest BCUT2D eigenvalue weighted by molar-refractivity contribution is 7.12. The molecule has 0 spiro atoms. The predicted octanol–water partition coefficient (Wildman–Crippen LogP) is 3.86. The highest BCUT2D eigenvalue weighted by atomic mass is 32.1. The first kappa shape index (κ1) is 12.3. The van der Waals surface area contributed by atoms with Gasteiger partial charge in [0, 0.05) is 26.9 Å². The minimum Gasteiger partial charge on any atom is -0.380 e. The predicted molar refractivity (Wildman–Crippen MR) is 79.5 cm³/mol. The van der Waals surface area contributed by atoms with Crippen LogP contribution in [0.5, 0.6) is 0 Å². The van der Waals surface area contributed by atoms with Gasteiger partial charge in [0.05, 0.1) is 5.52 Å². The van der Waals surface area contributed by atoms with Crippen molar-refractivity contribution >= 4 is 22.2 Å². The zero-order valence-corrected chi connectivity index (χ0v) is 11.7. The topological polar surface area (TPSA) is 33.1 Å². The van der Waals surface area contributed by atoms with Crippen LogP contribution in [0.15, 0.2) is 48.7 Å². The fourth-order valence-electron chi connectivity index (χ4n) is 2.33. The van der Waals surface area contributed by atoms with Crippen LogP contribution in [0.4, 0.5) is 0 Å². The zero-order chi connectivity index (χ0) is 13.5. The molecule has 3 rings (SSSR count). The van der Waals surface area contributed by atoms with Crippen LogP contribution in [0, 0.1) is 6.92 Å². The van der Waals surface area contributed by atoms with Gasteiger partial charge in [0.2, 0.25) is 0 Å². The van der Waals surface area contributed by atoms with Crippen molar-refractivity contribution in [2.75, 3.05) is 0 Å². The summed E-state index contributed by atoms with van der Waals surface area (Å²) in [5.74, 6) is 0. The van der Waals surface area contributed by atoms with Gasteiger partial charge in [-0.3, -0.25) is 4.98 Å². The smallest absolute Gasteiger partial charge is 0.123 e. The fourth-order valence-corrected chi connectivity index (χ4v) is 3.25. The Hall–Kier alpha value is -1.71. The number of hydrogen-bond donors (Lipinski definition) is 1. The second-order valence-corrected chi connectivity index (χ2v) is 6.15. The first-order valence-corrected chi connectivity index (χ1v) is 7.04. The molecule has 3 aromatic rings. The van der Waals surface area contributed by atoms with Crippen molar-refractivity contribution in [1.82, 2.24) is 4.98 Å². The Kier molecular flexibility index (Phi) is 2.88. The third kappa shape index (κ3) is 2.05. The van der Waals surface area contributed by atoms with E-state index in [9.17, 15) is 5.11 Å². The van der Waals surface area contributed by atoms with Crippen molar-refractivity contribution < 1.29 is 5.11 Å². The van der Waals surface area contributed by atoms with Crippen LogP contribution >= 0.6 is 11.3 Å². The SMILES string of the molecule is Cc1ccc(C(C)(O)c2cccc3cccnc23)s1. The molecule has 2 heterocycles. The first-order chi connectivity index (χ1) is 9.09. The molecule has 0 aliphatic heterocycles. The largest absolute Gasteiger partial charge is 0.380 e. The van der Waals surface area contributed by atoms with E-state index in [1.807, 2.05) is 56.3 Å². The van der Waals surface area contributed by atoms with Crippen LogP contribution in [-0.4, -0.2) is 10.1 Å². The molecule has 1 aromatic carbocycles. The normalized spacial score (nSPS) is 14.5. The highest BCUT2D eigenvalue weighted by Gasteiger charge is 2.29. The van der Waals surface area contributed by atoms with Gasteiger partial charge in [0.25, 0.3) is 0 Å². The third-order valence-corrected chi connectivity index (χ3v) is 4.59. The monoisotopic (exact) mass is 269 g/mol. The Balaban J connectivity index is 2.23. The van der Waals surface area contributed by atoms with Crippen molar-refractivity contribution in [3.05, 3.63) is 64.0 Å². The van der Waals surface area contributed by atoms with E-state index in [2.05, 4.69) is 4.98 Å². The molecule has 0 bridgehead atoms. The second kappa shape index (κ2) is 4.44. The number of nitrogens with zero attached hydrogens (tertiary/aromatic N) is 1. The molecular formula is C16H15NOS. The molecule has 0 saturated heterocycles. The average molecular weight is 269 g/mol. The van der Waals surface area contributed by atoms with Crippen molar-refractivity contribution in [1.29, 1.82) is 0 Å². The Morgan fingerprint density at radius 2 is 1.89 bits per heavy atom. The maximum absolute atomic E-state index is 10.9. The summed E-state index contributed by atoms with van der Waals surface area (Å²) in [7, 11) is 0. The maximum Gasteiger partial charge on any atom is 0.123 e. The summed E-state index contributed by atoms with van der Waals surface area (Å²) in [5.41, 5.74) is 0.709. The molecule has 0 radical (unpaired) electrons. The molecule has 96 valence electrons. The van der Waals surface area contributed by atoms with Crippen LogP contribution in [0.3, 0.4) is 0 Å². The van der Waals surface area contributed by atoms with Crippen LogP contribution in [0.25, 0.3) is 10.9 Å². The number of thiophene rings is 1. The number of aliphatic hydroxyl groups is 1. The quantitative estimate of drug-likeness (QED) is 0.766. The summed E-state index contributed by atoms with van der Waals surface area (Å²) < 4.78 is 0. The minimum absolute atomic E-state index is 0.854. The maximum atomic E-state index is 10.9. The number of para-hydroxylation sites is 1. The first-order valence-electron chi connectivity index (χ1n) is 6.22. The lowest BCUT2D eigenvalue weighted by molar-refractivity contribution is 0.108. The van der Waals surface area contributed by atoms with Crippen LogP contribution in [-0.2, 0) is 5.60 Å². The molecule has 0 saturated carbocycles. The molecule has 3 heteroatoms. The van der Waals surface area contributed by atoms with Crippen molar-refractivity contribution in [3.8, 4) is 0 Å². The number of aryl methyl sites for hydroxylation is 1. The van der Waals surface area contributed by atoms with Gasteiger partial charge in [-0.05, 0) is 32.0 Å². The van der Waals surface area contributed by atoms with Gasteiger partial charge in [-0.2, -0.15) is 0 Å². The van der Waals surface area contributed by atoms with E-state index in [0.717, 1.165) is 21.3 Å². The van der Waals surface area contributed by atoms with Gasteiger partial charge in [-0.15, -0.1) is 11.3 Å². The van der Waals surface area contributed by atoms with Gasteiger partial charge in [0.15, 0.2) is 0 Å². The number of benzene rings is 1. The van der Waals surface area contributed by atoms with Crippen LogP contribution in [0.1, 0.15) is 22.2 Å². The summed E-state index contributed by atoms with van der Waals surface area (Å²) >= 11 is 1.62.